The molecule has 1 aliphatic rings. The SMILES string of the molecule is CCCN[C@H]1CN(CCCCOC)S(=O)(=O)c2sc(S(N)(=O)=O)cc21.Cl. The summed E-state index contributed by atoms with van der Waals surface area (Å²) in [6, 6.07) is 1.15. The fourth-order valence-electron chi connectivity index (χ4n) is 2.71. The van der Waals surface area contributed by atoms with Gasteiger partial charge < -0.3 is 10.1 Å². The minimum atomic E-state index is -3.94. The number of ether oxygens (including phenoxy) is 1. The highest BCUT2D eigenvalue weighted by Crippen LogP contribution is 2.39. The zero-order valence-corrected chi connectivity index (χ0v) is 18.1. The van der Waals surface area contributed by atoms with Crippen LogP contribution in [0.3, 0.4) is 0 Å². The molecule has 0 amide bonds. The molecule has 0 bridgehead atoms. The molecule has 1 aromatic rings. The van der Waals surface area contributed by atoms with Gasteiger partial charge >= 0.3 is 0 Å². The number of primary sulfonamides is 1. The molecule has 1 aliphatic heterocycles. The molecule has 12 heteroatoms. The van der Waals surface area contributed by atoms with Crippen molar-refractivity contribution >= 4 is 43.8 Å². The molecular formula is C14H26ClN3O5S3. The van der Waals surface area contributed by atoms with Crippen LogP contribution in [-0.4, -0.2) is 54.5 Å². The average molecular weight is 448 g/mol. The number of halogens is 1. The molecule has 0 radical (unpaired) electrons. The average Bonchev–Trinajstić information content (AvgIpc) is 2.99. The molecule has 0 fully saturated rings. The third-order valence-electron chi connectivity index (χ3n) is 3.97. The Balaban J connectivity index is 0.00000338. The predicted molar refractivity (Wildman–Crippen MR) is 104 cm³/mol. The lowest BCUT2D eigenvalue weighted by atomic mass is 10.1. The van der Waals surface area contributed by atoms with E-state index in [2.05, 4.69) is 5.32 Å². The number of thiophene rings is 1. The maximum Gasteiger partial charge on any atom is 0.252 e. The Labute approximate surface area is 165 Å². The van der Waals surface area contributed by atoms with Crippen LogP contribution in [0.4, 0.5) is 0 Å². The van der Waals surface area contributed by atoms with Crippen LogP contribution >= 0.6 is 23.7 Å². The summed E-state index contributed by atoms with van der Waals surface area (Å²) in [5, 5.41) is 8.49. The van der Waals surface area contributed by atoms with E-state index in [1.165, 1.54) is 10.4 Å². The Morgan fingerprint density at radius 1 is 1.42 bits per heavy atom. The molecule has 2 heterocycles. The minimum absolute atomic E-state index is 0. The van der Waals surface area contributed by atoms with Crippen LogP contribution in [0.15, 0.2) is 14.5 Å². The van der Waals surface area contributed by atoms with Gasteiger partial charge in [-0.15, -0.1) is 23.7 Å². The molecule has 0 saturated carbocycles. The molecular weight excluding hydrogens is 422 g/mol. The molecule has 152 valence electrons. The Morgan fingerprint density at radius 2 is 2.12 bits per heavy atom. The van der Waals surface area contributed by atoms with Crippen LogP contribution in [0.5, 0.6) is 0 Å². The van der Waals surface area contributed by atoms with Crippen LogP contribution < -0.4 is 10.5 Å². The molecule has 26 heavy (non-hydrogen) atoms. The topological polar surface area (TPSA) is 119 Å². The molecule has 3 N–H and O–H groups in total. The fraction of sp³-hybridized carbons (Fsp3) is 0.714. The van der Waals surface area contributed by atoms with Gasteiger partial charge in [0.05, 0.1) is 0 Å². The predicted octanol–water partition coefficient (Wildman–Crippen LogP) is 1.29. The molecule has 2 rings (SSSR count). The molecule has 0 unspecified atom stereocenters. The number of nitrogens with zero attached hydrogens (tertiary/aromatic N) is 1. The molecule has 1 aromatic heterocycles. The number of hydrogen-bond acceptors (Lipinski definition) is 7. The van der Waals surface area contributed by atoms with Crippen LogP contribution in [-0.2, 0) is 24.8 Å². The second-order valence-electron chi connectivity index (χ2n) is 5.92. The Bertz CT molecular complexity index is 795. The zero-order chi connectivity index (χ0) is 18.7. The molecule has 0 spiro atoms. The Hall–Kier alpha value is -0.270. The van der Waals surface area contributed by atoms with Crippen molar-refractivity contribution in [2.24, 2.45) is 5.14 Å². The number of fused-ring (bicyclic) bond motifs is 1. The van der Waals surface area contributed by atoms with Crippen molar-refractivity contribution in [3.8, 4) is 0 Å². The first-order valence-corrected chi connectivity index (χ1v) is 11.9. The van der Waals surface area contributed by atoms with Crippen molar-refractivity contribution in [2.75, 3.05) is 33.4 Å². The molecule has 8 nitrogen and oxygen atoms in total. The maximum absolute atomic E-state index is 12.9. The van der Waals surface area contributed by atoms with Crippen LogP contribution in [0.2, 0.25) is 0 Å². The fourth-order valence-corrected chi connectivity index (χ4v) is 7.01. The molecule has 0 aliphatic carbocycles. The molecule has 0 aromatic carbocycles. The highest BCUT2D eigenvalue weighted by atomic mass is 35.5. The van der Waals surface area contributed by atoms with E-state index < -0.39 is 20.0 Å². The van der Waals surface area contributed by atoms with Gasteiger partial charge in [0, 0.05) is 38.4 Å². The van der Waals surface area contributed by atoms with Crippen LogP contribution in [0.25, 0.3) is 0 Å². The molecule has 1 atom stereocenters. The molecule has 0 saturated heterocycles. The van der Waals surface area contributed by atoms with Gasteiger partial charge in [0.2, 0.25) is 10.0 Å². The first-order valence-electron chi connectivity index (χ1n) is 8.10. The second kappa shape index (κ2) is 9.78. The number of unbranched alkanes of at least 4 members (excludes halogenated alkanes) is 1. The Morgan fingerprint density at radius 3 is 2.69 bits per heavy atom. The smallest absolute Gasteiger partial charge is 0.252 e. The van der Waals surface area contributed by atoms with E-state index in [1.807, 2.05) is 6.92 Å². The van der Waals surface area contributed by atoms with Gasteiger partial charge in [0.25, 0.3) is 10.0 Å². The van der Waals surface area contributed by atoms with Gasteiger partial charge in [-0.25, -0.2) is 22.0 Å². The van der Waals surface area contributed by atoms with Crippen molar-refractivity contribution in [2.45, 2.75) is 40.6 Å². The van der Waals surface area contributed by atoms with E-state index in [4.69, 9.17) is 9.88 Å². The minimum Gasteiger partial charge on any atom is -0.385 e. The number of nitrogens with one attached hydrogen (secondary N) is 1. The quantitative estimate of drug-likeness (QED) is 0.550. The van der Waals surface area contributed by atoms with Gasteiger partial charge in [-0.3, -0.25) is 0 Å². The van der Waals surface area contributed by atoms with Crippen molar-refractivity contribution in [3.05, 3.63) is 11.6 Å². The summed E-state index contributed by atoms with van der Waals surface area (Å²) < 4.78 is 55.4. The van der Waals surface area contributed by atoms with Gasteiger partial charge in [-0.1, -0.05) is 6.92 Å². The standard InChI is InChI=1S/C14H25N3O5S3.ClH/c1-3-6-16-12-10-17(7-4-5-8-22-2)25(20,21)14-11(12)9-13(23-14)24(15,18)19;/h9,12,16H,3-8,10H2,1-2H3,(H2,15,18,19);1H/t12-;/m0./s1. The van der Waals surface area contributed by atoms with Crippen molar-refractivity contribution < 1.29 is 21.6 Å². The van der Waals surface area contributed by atoms with E-state index in [0.29, 0.717) is 31.7 Å². The van der Waals surface area contributed by atoms with Gasteiger partial charge in [-0.2, -0.15) is 4.31 Å². The van der Waals surface area contributed by atoms with E-state index >= 15 is 0 Å². The lowest BCUT2D eigenvalue weighted by molar-refractivity contribution is 0.189. The third-order valence-corrected chi connectivity index (χ3v) is 8.93. The number of hydrogen-bond donors (Lipinski definition) is 2. The zero-order valence-electron chi connectivity index (χ0n) is 14.8. The van der Waals surface area contributed by atoms with Crippen molar-refractivity contribution in [1.82, 2.24) is 9.62 Å². The van der Waals surface area contributed by atoms with Gasteiger partial charge in [0.1, 0.15) is 8.42 Å². The monoisotopic (exact) mass is 447 g/mol. The summed E-state index contributed by atoms with van der Waals surface area (Å²) in [7, 11) is -6.05. The van der Waals surface area contributed by atoms with E-state index in [0.717, 1.165) is 24.2 Å². The van der Waals surface area contributed by atoms with E-state index in [9.17, 15) is 16.8 Å². The number of methoxy groups -OCH3 is 1. The maximum atomic E-state index is 12.9. The summed E-state index contributed by atoms with van der Waals surface area (Å²) in [4.78, 5) is 0. The van der Waals surface area contributed by atoms with Gasteiger partial charge in [0.15, 0.2) is 0 Å². The van der Waals surface area contributed by atoms with Crippen molar-refractivity contribution in [1.29, 1.82) is 0 Å². The largest absolute Gasteiger partial charge is 0.385 e. The lowest BCUT2D eigenvalue weighted by Crippen LogP contribution is -2.43. The third kappa shape index (κ3) is 5.38. The summed E-state index contributed by atoms with van der Waals surface area (Å²) >= 11 is 0.727. The van der Waals surface area contributed by atoms with Crippen LogP contribution in [0.1, 0.15) is 37.8 Å². The summed E-state index contributed by atoms with van der Waals surface area (Å²) in [6.45, 7) is 3.95. The normalized spacial score (nSPS) is 19.7. The second-order valence-corrected chi connectivity index (χ2v) is 10.9. The number of nitrogens with two attached hydrogens (primary N) is 1. The number of rotatable bonds is 9. The van der Waals surface area contributed by atoms with Crippen molar-refractivity contribution in [3.63, 3.8) is 0 Å². The summed E-state index contributed by atoms with van der Waals surface area (Å²) in [6.07, 6.45) is 2.32. The highest BCUT2D eigenvalue weighted by molar-refractivity contribution is 7.94. The lowest BCUT2D eigenvalue weighted by Gasteiger charge is -2.32. The highest BCUT2D eigenvalue weighted by Gasteiger charge is 2.39. The van der Waals surface area contributed by atoms with Crippen LogP contribution in [0, 0.1) is 0 Å². The first kappa shape index (κ1) is 23.8. The Kier molecular flexibility index (Phi) is 8.94. The summed E-state index contributed by atoms with van der Waals surface area (Å²) in [5.74, 6) is 0. The van der Waals surface area contributed by atoms with E-state index in [-0.39, 0.29) is 33.4 Å². The first-order chi connectivity index (χ1) is 11.7. The van der Waals surface area contributed by atoms with E-state index in [1.54, 1.807) is 7.11 Å². The number of sulfonamides is 2. The van der Waals surface area contributed by atoms with Gasteiger partial charge in [-0.05, 0) is 31.9 Å². The summed E-state index contributed by atoms with van der Waals surface area (Å²) in [5.41, 5.74) is 0.496.